The second kappa shape index (κ2) is 4.24. The number of nitrogens with one attached hydrogen (secondary N) is 3. The SMILES string of the molecule is c1ccc2c(-c3cnc(C4CCNC4)[nH]3)c[nH]c2c1. The van der Waals surface area contributed by atoms with Gasteiger partial charge in [-0.1, -0.05) is 18.2 Å². The minimum Gasteiger partial charge on any atom is -0.360 e. The molecular weight excluding hydrogens is 236 g/mol. The van der Waals surface area contributed by atoms with Crippen molar-refractivity contribution in [2.24, 2.45) is 0 Å². The van der Waals surface area contributed by atoms with E-state index in [1.165, 1.54) is 17.4 Å². The number of aromatic nitrogens is 3. The zero-order valence-corrected chi connectivity index (χ0v) is 10.6. The van der Waals surface area contributed by atoms with Crippen LogP contribution in [0.25, 0.3) is 22.2 Å². The van der Waals surface area contributed by atoms with E-state index in [9.17, 15) is 0 Å². The van der Waals surface area contributed by atoms with Crippen molar-refractivity contribution in [1.82, 2.24) is 20.3 Å². The standard InChI is InChI=1S/C15H16N4/c1-2-4-13-11(3-1)12(8-17-13)14-9-18-15(19-14)10-5-6-16-7-10/h1-4,8-10,16-17H,5-7H2,(H,18,19). The van der Waals surface area contributed by atoms with Crippen molar-refractivity contribution in [1.29, 1.82) is 0 Å². The predicted octanol–water partition coefficient (Wildman–Crippen LogP) is 2.63. The van der Waals surface area contributed by atoms with E-state index in [0.29, 0.717) is 5.92 Å². The van der Waals surface area contributed by atoms with Crippen LogP contribution in [0.1, 0.15) is 18.2 Å². The summed E-state index contributed by atoms with van der Waals surface area (Å²) in [4.78, 5) is 11.3. The van der Waals surface area contributed by atoms with Gasteiger partial charge < -0.3 is 15.3 Å². The summed E-state index contributed by atoms with van der Waals surface area (Å²) in [7, 11) is 0. The number of nitrogens with zero attached hydrogens (tertiary/aromatic N) is 1. The van der Waals surface area contributed by atoms with E-state index in [1.54, 1.807) is 0 Å². The Labute approximate surface area is 111 Å². The van der Waals surface area contributed by atoms with Gasteiger partial charge in [-0.2, -0.15) is 0 Å². The van der Waals surface area contributed by atoms with Crippen LogP contribution in [0.4, 0.5) is 0 Å². The van der Waals surface area contributed by atoms with Gasteiger partial charge in [0.2, 0.25) is 0 Å². The maximum absolute atomic E-state index is 4.55. The average Bonchev–Trinajstić information content (AvgIpc) is 3.18. The summed E-state index contributed by atoms with van der Waals surface area (Å²) >= 11 is 0. The molecule has 4 rings (SSSR count). The lowest BCUT2D eigenvalue weighted by Crippen LogP contribution is -2.08. The quantitative estimate of drug-likeness (QED) is 0.656. The normalized spacial score (nSPS) is 19.3. The molecule has 19 heavy (non-hydrogen) atoms. The largest absolute Gasteiger partial charge is 0.360 e. The molecule has 3 aromatic rings. The van der Waals surface area contributed by atoms with Crippen LogP contribution >= 0.6 is 0 Å². The third-order valence-electron chi connectivity index (χ3n) is 3.92. The summed E-state index contributed by atoms with van der Waals surface area (Å²) in [5.41, 5.74) is 3.45. The van der Waals surface area contributed by atoms with Crippen molar-refractivity contribution in [3.63, 3.8) is 0 Å². The minimum atomic E-state index is 0.527. The van der Waals surface area contributed by atoms with E-state index in [0.717, 1.165) is 30.1 Å². The topological polar surface area (TPSA) is 56.5 Å². The van der Waals surface area contributed by atoms with Crippen LogP contribution in [0, 0.1) is 0 Å². The lowest BCUT2D eigenvalue weighted by atomic mass is 10.1. The Bertz CT molecular complexity index is 704. The maximum Gasteiger partial charge on any atom is 0.110 e. The third-order valence-corrected chi connectivity index (χ3v) is 3.92. The summed E-state index contributed by atoms with van der Waals surface area (Å²) in [6.45, 7) is 2.12. The van der Waals surface area contributed by atoms with E-state index in [2.05, 4.69) is 44.7 Å². The molecule has 4 heteroatoms. The zero-order chi connectivity index (χ0) is 12.7. The van der Waals surface area contributed by atoms with Crippen molar-refractivity contribution >= 4 is 10.9 Å². The summed E-state index contributed by atoms with van der Waals surface area (Å²) in [6, 6.07) is 8.35. The first-order chi connectivity index (χ1) is 9.42. The maximum atomic E-state index is 4.55. The highest BCUT2D eigenvalue weighted by Gasteiger charge is 2.20. The van der Waals surface area contributed by atoms with Gasteiger partial charge in [0.05, 0.1) is 11.9 Å². The monoisotopic (exact) mass is 252 g/mol. The molecule has 1 fully saturated rings. The van der Waals surface area contributed by atoms with E-state index >= 15 is 0 Å². The molecule has 1 unspecified atom stereocenters. The van der Waals surface area contributed by atoms with E-state index in [4.69, 9.17) is 0 Å². The Kier molecular flexibility index (Phi) is 2.42. The molecule has 0 bridgehead atoms. The van der Waals surface area contributed by atoms with Gasteiger partial charge in [-0.3, -0.25) is 0 Å². The summed E-state index contributed by atoms with van der Waals surface area (Å²) < 4.78 is 0. The molecule has 3 N–H and O–H groups in total. The van der Waals surface area contributed by atoms with Gasteiger partial charge in [0.1, 0.15) is 5.82 Å². The van der Waals surface area contributed by atoms with Crippen molar-refractivity contribution in [2.75, 3.05) is 13.1 Å². The van der Waals surface area contributed by atoms with Gasteiger partial charge in [0.15, 0.2) is 0 Å². The van der Waals surface area contributed by atoms with Crippen molar-refractivity contribution in [3.8, 4) is 11.3 Å². The Hall–Kier alpha value is -2.07. The highest BCUT2D eigenvalue weighted by molar-refractivity contribution is 5.94. The Morgan fingerprint density at radius 3 is 3.05 bits per heavy atom. The van der Waals surface area contributed by atoms with Crippen molar-refractivity contribution in [2.45, 2.75) is 12.3 Å². The van der Waals surface area contributed by atoms with Crippen LogP contribution in [-0.2, 0) is 0 Å². The van der Waals surface area contributed by atoms with E-state index in [-0.39, 0.29) is 0 Å². The van der Waals surface area contributed by atoms with Gasteiger partial charge in [-0.25, -0.2) is 4.98 Å². The van der Waals surface area contributed by atoms with Crippen LogP contribution in [0.15, 0.2) is 36.7 Å². The highest BCUT2D eigenvalue weighted by Crippen LogP contribution is 2.29. The molecule has 4 nitrogen and oxygen atoms in total. The molecule has 0 amide bonds. The number of rotatable bonds is 2. The van der Waals surface area contributed by atoms with Crippen molar-refractivity contribution in [3.05, 3.63) is 42.5 Å². The van der Waals surface area contributed by atoms with Gasteiger partial charge >= 0.3 is 0 Å². The molecule has 3 heterocycles. The second-order valence-electron chi connectivity index (χ2n) is 5.12. The molecule has 0 spiro atoms. The average molecular weight is 252 g/mol. The third kappa shape index (κ3) is 1.76. The first-order valence-electron chi connectivity index (χ1n) is 6.74. The molecule has 0 radical (unpaired) electrons. The first kappa shape index (κ1) is 10.8. The highest BCUT2D eigenvalue weighted by atomic mass is 15.0. The lowest BCUT2D eigenvalue weighted by molar-refractivity contribution is 0.715. The Morgan fingerprint density at radius 2 is 2.16 bits per heavy atom. The predicted molar refractivity (Wildman–Crippen MR) is 76.1 cm³/mol. The zero-order valence-electron chi connectivity index (χ0n) is 10.6. The number of imidazole rings is 1. The fourth-order valence-electron chi connectivity index (χ4n) is 2.86. The summed E-state index contributed by atoms with van der Waals surface area (Å²) in [5, 5.41) is 4.62. The molecule has 0 saturated carbocycles. The molecular formula is C15H16N4. The number of fused-ring (bicyclic) bond motifs is 1. The lowest BCUT2D eigenvalue weighted by Gasteiger charge is -2.02. The smallest absolute Gasteiger partial charge is 0.110 e. The molecule has 1 aliphatic heterocycles. The van der Waals surface area contributed by atoms with Crippen molar-refractivity contribution < 1.29 is 0 Å². The van der Waals surface area contributed by atoms with Crippen LogP contribution in [0.2, 0.25) is 0 Å². The van der Waals surface area contributed by atoms with Crippen LogP contribution in [0.5, 0.6) is 0 Å². The van der Waals surface area contributed by atoms with Gasteiger partial charge in [-0.15, -0.1) is 0 Å². The summed E-state index contributed by atoms with van der Waals surface area (Å²) in [5.74, 6) is 1.63. The molecule has 1 saturated heterocycles. The number of hydrogen-bond acceptors (Lipinski definition) is 2. The fraction of sp³-hybridized carbons (Fsp3) is 0.267. The van der Waals surface area contributed by atoms with Gasteiger partial charge in [0.25, 0.3) is 0 Å². The molecule has 0 aliphatic carbocycles. The van der Waals surface area contributed by atoms with E-state index < -0.39 is 0 Å². The minimum absolute atomic E-state index is 0.527. The fourth-order valence-corrected chi connectivity index (χ4v) is 2.86. The van der Waals surface area contributed by atoms with Crippen LogP contribution in [-0.4, -0.2) is 28.0 Å². The molecule has 96 valence electrons. The number of benzene rings is 1. The Balaban J connectivity index is 1.76. The molecule has 2 aromatic heterocycles. The molecule has 1 aromatic carbocycles. The number of H-pyrrole nitrogens is 2. The number of hydrogen-bond donors (Lipinski definition) is 3. The number of aromatic amines is 2. The van der Waals surface area contributed by atoms with Gasteiger partial charge in [0, 0.05) is 35.1 Å². The molecule has 1 atom stereocenters. The summed E-state index contributed by atoms with van der Waals surface area (Å²) in [6.07, 6.45) is 5.17. The first-order valence-corrected chi connectivity index (χ1v) is 6.74. The van der Waals surface area contributed by atoms with Crippen LogP contribution in [0.3, 0.4) is 0 Å². The molecule has 1 aliphatic rings. The van der Waals surface area contributed by atoms with Gasteiger partial charge in [-0.05, 0) is 19.0 Å². The van der Waals surface area contributed by atoms with E-state index in [1.807, 2.05) is 12.3 Å². The Morgan fingerprint density at radius 1 is 1.21 bits per heavy atom. The number of para-hydroxylation sites is 1. The second-order valence-corrected chi connectivity index (χ2v) is 5.12. The van der Waals surface area contributed by atoms with Crippen LogP contribution < -0.4 is 5.32 Å².